The molecule has 3 heterocycles. The molecule has 2 fully saturated rings. The van der Waals surface area contributed by atoms with Crippen LogP contribution in [0, 0.1) is 6.92 Å². The number of nitrogens with zero attached hydrogens (tertiary/aromatic N) is 2. The van der Waals surface area contributed by atoms with Crippen molar-refractivity contribution in [2.45, 2.75) is 51.0 Å². The zero-order valence-electron chi connectivity index (χ0n) is 14.9. The van der Waals surface area contributed by atoms with Gasteiger partial charge in [0.2, 0.25) is 0 Å². The number of aryl methyl sites for hydroxylation is 1. The summed E-state index contributed by atoms with van der Waals surface area (Å²) in [5.41, 5.74) is 3.36. The fraction of sp³-hybridized carbons (Fsp3) is 0.550. The van der Waals surface area contributed by atoms with E-state index >= 15 is 0 Å². The number of hydrogen-bond acceptors (Lipinski definition) is 4. The predicted octanol–water partition coefficient (Wildman–Crippen LogP) is 3.06. The number of hydrogen-bond donors (Lipinski definition) is 1. The lowest BCUT2D eigenvalue weighted by atomic mass is 9.86. The van der Waals surface area contributed by atoms with Gasteiger partial charge in [-0.1, -0.05) is 30.3 Å². The number of aromatic nitrogens is 2. The minimum atomic E-state index is -0.156. The number of H-pyrrole nitrogens is 1. The average molecular weight is 341 g/mol. The third-order valence-corrected chi connectivity index (χ3v) is 5.52. The van der Waals surface area contributed by atoms with Gasteiger partial charge in [-0.05, 0) is 31.7 Å². The van der Waals surface area contributed by atoms with Crippen molar-refractivity contribution in [3.63, 3.8) is 0 Å². The van der Waals surface area contributed by atoms with Crippen LogP contribution in [0.3, 0.4) is 0 Å². The Balaban J connectivity index is 1.42. The first-order valence-corrected chi connectivity index (χ1v) is 9.26. The Labute approximate surface area is 149 Å². The zero-order valence-corrected chi connectivity index (χ0v) is 14.9. The van der Waals surface area contributed by atoms with Crippen molar-refractivity contribution >= 4 is 0 Å². The van der Waals surface area contributed by atoms with Gasteiger partial charge in [-0.3, -0.25) is 4.90 Å². The molecule has 0 radical (unpaired) electrons. The second-order valence-corrected chi connectivity index (χ2v) is 7.28. The summed E-state index contributed by atoms with van der Waals surface area (Å²) in [4.78, 5) is 10.1. The molecule has 0 bridgehead atoms. The molecule has 0 amide bonds. The monoisotopic (exact) mass is 341 g/mol. The van der Waals surface area contributed by atoms with E-state index in [0.29, 0.717) is 6.61 Å². The van der Waals surface area contributed by atoms with Gasteiger partial charge in [0.25, 0.3) is 0 Å². The summed E-state index contributed by atoms with van der Waals surface area (Å²) in [6.07, 6.45) is 5.17. The summed E-state index contributed by atoms with van der Waals surface area (Å²) in [6, 6.07) is 10.4. The first-order valence-electron chi connectivity index (χ1n) is 9.26. The Hall–Kier alpha value is -1.69. The van der Waals surface area contributed by atoms with Gasteiger partial charge in [0.05, 0.1) is 24.7 Å². The van der Waals surface area contributed by atoms with E-state index in [4.69, 9.17) is 9.47 Å². The van der Waals surface area contributed by atoms with Gasteiger partial charge in [0, 0.05) is 31.9 Å². The van der Waals surface area contributed by atoms with Crippen LogP contribution >= 0.6 is 0 Å². The Kier molecular flexibility index (Phi) is 4.88. The van der Waals surface area contributed by atoms with Crippen LogP contribution in [0.2, 0.25) is 0 Å². The van der Waals surface area contributed by atoms with Crippen molar-refractivity contribution in [2.24, 2.45) is 0 Å². The second-order valence-electron chi connectivity index (χ2n) is 7.28. The Morgan fingerprint density at radius 1 is 1.36 bits per heavy atom. The second kappa shape index (κ2) is 7.28. The van der Waals surface area contributed by atoms with Crippen LogP contribution in [0.15, 0.2) is 36.7 Å². The minimum absolute atomic E-state index is 0.156. The van der Waals surface area contributed by atoms with Crippen LogP contribution in [-0.2, 0) is 22.6 Å². The molecule has 1 aromatic carbocycles. The molecule has 0 saturated carbocycles. The molecule has 0 unspecified atom stereocenters. The van der Waals surface area contributed by atoms with E-state index in [-0.39, 0.29) is 11.7 Å². The van der Waals surface area contributed by atoms with E-state index in [9.17, 15) is 0 Å². The summed E-state index contributed by atoms with van der Waals surface area (Å²) in [5, 5.41) is 0. The van der Waals surface area contributed by atoms with Crippen molar-refractivity contribution < 1.29 is 9.47 Å². The van der Waals surface area contributed by atoms with Gasteiger partial charge in [-0.2, -0.15) is 0 Å². The van der Waals surface area contributed by atoms with E-state index in [1.165, 1.54) is 5.56 Å². The van der Waals surface area contributed by atoms with Crippen LogP contribution in [0.4, 0.5) is 0 Å². The van der Waals surface area contributed by atoms with Crippen LogP contribution < -0.4 is 0 Å². The first kappa shape index (κ1) is 16.8. The van der Waals surface area contributed by atoms with E-state index in [1.54, 1.807) is 6.33 Å². The van der Waals surface area contributed by atoms with Crippen LogP contribution in [0.25, 0.3) is 0 Å². The molecule has 1 N–H and O–H groups in total. The number of piperidine rings is 1. The maximum absolute atomic E-state index is 6.34. The lowest BCUT2D eigenvalue weighted by molar-refractivity contribution is -0.160. The van der Waals surface area contributed by atoms with E-state index in [1.807, 2.05) is 6.07 Å². The molecular weight excluding hydrogens is 314 g/mol. The molecule has 1 aromatic heterocycles. The SMILES string of the molecule is Cc1[nH]cnc1CN1CC[C@H](OCc2ccccc2)[C@]2(CCCO2)C1. The molecule has 25 heavy (non-hydrogen) atoms. The maximum atomic E-state index is 6.34. The smallest absolute Gasteiger partial charge is 0.107 e. The van der Waals surface area contributed by atoms with Crippen molar-refractivity contribution in [1.82, 2.24) is 14.9 Å². The highest BCUT2D eigenvalue weighted by Gasteiger charge is 2.47. The third-order valence-electron chi connectivity index (χ3n) is 5.52. The van der Waals surface area contributed by atoms with Crippen LogP contribution in [0.5, 0.6) is 0 Å². The summed E-state index contributed by atoms with van der Waals surface area (Å²) >= 11 is 0. The lowest BCUT2D eigenvalue weighted by Crippen LogP contribution is -2.57. The zero-order chi connectivity index (χ0) is 17.1. The molecule has 5 heteroatoms. The number of imidazole rings is 1. The van der Waals surface area contributed by atoms with Gasteiger partial charge in [-0.25, -0.2) is 4.98 Å². The molecular formula is C20H27N3O2. The molecule has 134 valence electrons. The van der Waals surface area contributed by atoms with Gasteiger partial charge in [0.15, 0.2) is 0 Å². The highest BCUT2D eigenvalue weighted by atomic mass is 16.6. The Bertz CT molecular complexity index is 679. The molecule has 2 aromatic rings. The van der Waals surface area contributed by atoms with Gasteiger partial charge in [-0.15, -0.1) is 0 Å². The average Bonchev–Trinajstić information content (AvgIpc) is 3.25. The quantitative estimate of drug-likeness (QED) is 0.908. The first-order chi connectivity index (χ1) is 12.3. The molecule has 4 rings (SSSR count). The number of benzene rings is 1. The van der Waals surface area contributed by atoms with Gasteiger partial charge in [0.1, 0.15) is 5.60 Å². The van der Waals surface area contributed by atoms with Gasteiger partial charge < -0.3 is 14.5 Å². The highest BCUT2D eigenvalue weighted by Crippen LogP contribution is 2.37. The molecule has 2 atom stereocenters. The molecule has 5 nitrogen and oxygen atoms in total. The molecule has 2 aliphatic rings. The molecule has 2 saturated heterocycles. The summed E-state index contributed by atoms with van der Waals surface area (Å²) in [6.45, 7) is 6.43. The summed E-state index contributed by atoms with van der Waals surface area (Å²) < 4.78 is 12.6. The largest absolute Gasteiger partial charge is 0.371 e. The molecule has 0 aliphatic carbocycles. The highest BCUT2D eigenvalue weighted by molar-refractivity contribution is 5.14. The lowest BCUT2D eigenvalue weighted by Gasteiger charge is -2.45. The number of rotatable bonds is 5. The van der Waals surface area contributed by atoms with Crippen molar-refractivity contribution in [3.8, 4) is 0 Å². The van der Waals surface area contributed by atoms with Crippen molar-refractivity contribution in [1.29, 1.82) is 0 Å². The number of likely N-dealkylation sites (tertiary alicyclic amines) is 1. The fourth-order valence-corrected chi connectivity index (χ4v) is 4.12. The fourth-order valence-electron chi connectivity index (χ4n) is 4.12. The third kappa shape index (κ3) is 3.64. The Morgan fingerprint density at radius 2 is 2.24 bits per heavy atom. The van der Waals surface area contributed by atoms with Gasteiger partial charge >= 0.3 is 0 Å². The maximum Gasteiger partial charge on any atom is 0.107 e. The summed E-state index contributed by atoms with van der Waals surface area (Å²) in [7, 11) is 0. The van der Waals surface area contributed by atoms with Crippen molar-refractivity contribution in [3.05, 3.63) is 53.6 Å². The van der Waals surface area contributed by atoms with E-state index < -0.39 is 0 Å². The normalized spacial score (nSPS) is 27.2. The number of nitrogens with one attached hydrogen (secondary N) is 1. The van der Waals surface area contributed by atoms with E-state index in [2.05, 4.69) is 46.1 Å². The number of ether oxygens (including phenoxy) is 2. The minimum Gasteiger partial charge on any atom is -0.371 e. The van der Waals surface area contributed by atoms with E-state index in [0.717, 1.165) is 56.9 Å². The predicted molar refractivity (Wildman–Crippen MR) is 96.2 cm³/mol. The van der Waals surface area contributed by atoms with Crippen LogP contribution in [-0.4, -0.2) is 46.3 Å². The topological polar surface area (TPSA) is 50.4 Å². The standard InChI is InChI=1S/C20H27N3O2/c1-16-18(22-15-21-16)12-23-10-8-19(20(14-23)9-5-11-25-20)24-13-17-6-3-2-4-7-17/h2-4,6-7,15,19H,5,8-14H2,1H3,(H,21,22)/t19-,20-/m0/s1. The molecule has 2 aliphatic heterocycles. The van der Waals surface area contributed by atoms with Crippen molar-refractivity contribution in [2.75, 3.05) is 19.7 Å². The van der Waals surface area contributed by atoms with Crippen LogP contribution in [0.1, 0.15) is 36.2 Å². The molecule has 1 spiro atoms. The number of aromatic amines is 1. The Morgan fingerprint density at radius 3 is 2.96 bits per heavy atom. The summed E-state index contributed by atoms with van der Waals surface area (Å²) in [5.74, 6) is 0.